The highest BCUT2D eigenvalue weighted by Crippen LogP contribution is 2.33. The van der Waals surface area contributed by atoms with Gasteiger partial charge in [-0.2, -0.15) is 0 Å². The molecule has 1 atom stereocenters. The molecule has 0 aliphatic carbocycles. The van der Waals surface area contributed by atoms with Gasteiger partial charge < -0.3 is 10.2 Å². The van der Waals surface area contributed by atoms with E-state index < -0.39 is 0 Å². The van der Waals surface area contributed by atoms with Gasteiger partial charge in [0.2, 0.25) is 0 Å². The zero-order valence-electron chi connectivity index (χ0n) is 8.96. The fraction of sp³-hybridized carbons (Fsp3) is 0.273. The lowest BCUT2D eigenvalue weighted by Crippen LogP contribution is -2.09. The van der Waals surface area contributed by atoms with Gasteiger partial charge >= 0.3 is 0 Å². The number of aryl methyl sites for hydroxylation is 1. The Morgan fingerprint density at radius 3 is 3.00 bits per heavy atom. The average molecular weight is 235 g/mol. The molecular weight excluding hydrogens is 222 g/mol. The molecule has 2 heterocycles. The summed E-state index contributed by atoms with van der Waals surface area (Å²) in [6.45, 7) is 2.42. The van der Waals surface area contributed by atoms with Crippen molar-refractivity contribution in [3.05, 3.63) is 42.0 Å². The maximum Gasteiger partial charge on any atom is 0.256 e. The molecule has 0 saturated carbocycles. The van der Waals surface area contributed by atoms with Gasteiger partial charge in [0, 0.05) is 18.9 Å². The first-order valence-electron chi connectivity index (χ1n) is 4.98. The topological polar surface area (TPSA) is 64.9 Å². The van der Waals surface area contributed by atoms with Crippen LogP contribution in [-0.2, 0) is 0 Å². The lowest BCUT2D eigenvalue weighted by molar-refractivity contribution is 0.453. The molecule has 0 aliphatic rings. The summed E-state index contributed by atoms with van der Waals surface area (Å²) in [6, 6.07) is 3.91. The maximum atomic E-state index is 5.74. The van der Waals surface area contributed by atoms with E-state index in [1.54, 1.807) is 12.5 Å². The predicted molar refractivity (Wildman–Crippen MR) is 63.1 cm³/mol. The Labute approximate surface area is 98.3 Å². The van der Waals surface area contributed by atoms with Crippen molar-refractivity contribution in [2.45, 2.75) is 17.4 Å². The molecule has 2 rings (SSSR count). The van der Waals surface area contributed by atoms with Crippen LogP contribution in [0.25, 0.3) is 0 Å². The predicted octanol–water partition coefficient (Wildman–Crippen LogP) is 2.17. The maximum absolute atomic E-state index is 5.74. The minimum absolute atomic E-state index is 0.131. The second-order valence-corrected chi connectivity index (χ2v) is 4.54. The molecule has 2 N–H and O–H groups in total. The van der Waals surface area contributed by atoms with Gasteiger partial charge in [0.15, 0.2) is 0 Å². The molecule has 0 bridgehead atoms. The minimum atomic E-state index is 0.131. The SMILES string of the molecule is Cc1coc(SC(CN)c2cccnc2)n1. The van der Waals surface area contributed by atoms with Crippen LogP contribution >= 0.6 is 11.8 Å². The number of thioether (sulfide) groups is 1. The second-order valence-electron chi connectivity index (χ2n) is 3.38. The summed E-state index contributed by atoms with van der Waals surface area (Å²) in [5, 5.41) is 0.781. The first kappa shape index (κ1) is 11.2. The fourth-order valence-corrected chi connectivity index (χ4v) is 2.24. The normalized spacial score (nSPS) is 12.6. The summed E-state index contributed by atoms with van der Waals surface area (Å²) in [4.78, 5) is 8.32. The molecule has 0 saturated heterocycles. The number of oxazole rings is 1. The first-order chi connectivity index (χ1) is 7.79. The molecule has 0 spiro atoms. The Balaban J connectivity index is 2.12. The second kappa shape index (κ2) is 5.14. The molecule has 0 radical (unpaired) electrons. The van der Waals surface area contributed by atoms with Crippen molar-refractivity contribution in [2.24, 2.45) is 5.73 Å². The van der Waals surface area contributed by atoms with Gasteiger partial charge in [0.1, 0.15) is 6.26 Å². The largest absolute Gasteiger partial charge is 0.440 e. The third-order valence-corrected chi connectivity index (χ3v) is 3.25. The lowest BCUT2D eigenvalue weighted by atomic mass is 10.2. The third kappa shape index (κ3) is 2.62. The summed E-state index contributed by atoms with van der Waals surface area (Å²) in [5.74, 6) is 0. The quantitative estimate of drug-likeness (QED) is 0.823. The Morgan fingerprint density at radius 2 is 2.44 bits per heavy atom. The van der Waals surface area contributed by atoms with Crippen molar-refractivity contribution in [2.75, 3.05) is 6.54 Å². The molecule has 0 amide bonds. The Morgan fingerprint density at radius 1 is 1.56 bits per heavy atom. The zero-order chi connectivity index (χ0) is 11.4. The molecule has 0 aromatic carbocycles. The number of nitrogens with two attached hydrogens (primary N) is 1. The van der Waals surface area contributed by atoms with Crippen LogP contribution in [-0.4, -0.2) is 16.5 Å². The molecular formula is C11H13N3OS. The molecule has 84 valence electrons. The van der Waals surface area contributed by atoms with Gasteiger partial charge in [-0.3, -0.25) is 4.98 Å². The van der Waals surface area contributed by atoms with E-state index in [0.717, 1.165) is 11.3 Å². The van der Waals surface area contributed by atoms with Crippen LogP contribution in [0.2, 0.25) is 0 Å². The molecule has 0 aliphatic heterocycles. The Hall–Kier alpha value is -1.33. The molecule has 16 heavy (non-hydrogen) atoms. The van der Waals surface area contributed by atoms with Crippen LogP contribution in [0.15, 0.2) is 40.4 Å². The summed E-state index contributed by atoms with van der Waals surface area (Å²) < 4.78 is 5.29. The van der Waals surface area contributed by atoms with E-state index in [9.17, 15) is 0 Å². The van der Waals surface area contributed by atoms with Crippen LogP contribution in [0.4, 0.5) is 0 Å². The molecule has 1 unspecified atom stereocenters. The van der Waals surface area contributed by atoms with Crippen LogP contribution in [0, 0.1) is 6.92 Å². The monoisotopic (exact) mass is 235 g/mol. The number of hydrogen-bond donors (Lipinski definition) is 1. The minimum Gasteiger partial charge on any atom is -0.440 e. The van der Waals surface area contributed by atoms with E-state index in [-0.39, 0.29) is 5.25 Å². The van der Waals surface area contributed by atoms with Gasteiger partial charge in [0.25, 0.3) is 5.22 Å². The summed E-state index contributed by atoms with van der Waals surface area (Å²) in [7, 11) is 0. The highest BCUT2D eigenvalue weighted by Gasteiger charge is 2.14. The van der Waals surface area contributed by atoms with Crippen molar-refractivity contribution in [1.29, 1.82) is 0 Å². The summed E-state index contributed by atoms with van der Waals surface area (Å²) in [6.07, 6.45) is 5.20. The molecule has 2 aromatic heterocycles. The Bertz CT molecular complexity index is 444. The number of hydrogen-bond acceptors (Lipinski definition) is 5. The van der Waals surface area contributed by atoms with Gasteiger partial charge in [-0.05, 0) is 18.6 Å². The van der Waals surface area contributed by atoms with Crippen LogP contribution in [0.1, 0.15) is 16.5 Å². The summed E-state index contributed by atoms with van der Waals surface area (Å²) >= 11 is 1.52. The smallest absolute Gasteiger partial charge is 0.256 e. The number of rotatable bonds is 4. The van der Waals surface area contributed by atoms with E-state index in [1.807, 2.05) is 25.3 Å². The van der Waals surface area contributed by atoms with Gasteiger partial charge in [0.05, 0.1) is 10.9 Å². The van der Waals surface area contributed by atoms with Gasteiger partial charge in [-0.15, -0.1) is 0 Å². The van der Waals surface area contributed by atoms with Crippen molar-refractivity contribution >= 4 is 11.8 Å². The van der Waals surface area contributed by atoms with Crippen molar-refractivity contribution in [3.8, 4) is 0 Å². The number of nitrogens with zero attached hydrogens (tertiary/aromatic N) is 2. The van der Waals surface area contributed by atoms with Crippen molar-refractivity contribution < 1.29 is 4.42 Å². The molecule has 5 heteroatoms. The number of pyridine rings is 1. The Kier molecular flexibility index (Phi) is 3.58. The molecule has 4 nitrogen and oxygen atoms in total. The highest BCUT2D eigenvalue weighted by molar-refractivity contribution is 7.99. The van der Waals surface area contributed by atoms with Crippen LogP contribution in [0.3, 0.4) is 0 Å². The first-order valence-corrected chi connectivity index (χ1v) is 5.86. The van der Waals surface area contributed by atoms with Crippen LogP contribution < -0.4 is 5.73 Å². The zero-order valence-corrected chi connectivity index (χ0v) is 9.78. The molecule has 2 aromatic rings. The van der Waals surface area contributed by atoms with Crippen molar-refractivity contribution in [1.82, 2.24) is 9.97 Å². The molecule has 0 fully saturated rings. The van der Waals surface area contributed by atoms with E-state index in [0.29, 0.717) is 11.8 Å². The van der Waals surface area contributed by atoms with Crippen LogP contribution in [0.5, 0.6) is 0 Å². The summed E-state index contributed by atoms with van der Waals surface area (Å²) in [5.41, 5.74) is 7.71. The van der Waals surface area contributed by atoms with E-state index in [4.69, 9.17) is 10.2 Å². The third-order valence-electron chi connectivity index (χ3n) is 2.11. The number of aromatic nitrogens is 2. The van der Waals surface area contributed by atoms with Crippen molar-refractivity contribution in [3.63, 3.8) is 0 Å². The lowest BCUT2D eigenvalue weighted by Gasteiger charge is -2.11. The van der Waals surface area contributed by atoms with E-state index >= 15 is 0 Å². The van der Waals surface area contributed by atoms with Gasteiger partial charge in [-0.1, -0.05) is 17.8 Å². The standard InChI is InChI=1S/C11H13N3OS/c1-8-7-15-11(14-8)16-10(5-12)9-3-2-4-13-6-9/h2-4,6-7,10H,5,12H2,1H3. The van der Waals surface area contributed by atoms with E-state index in [2.05, 4.69) is 9.97 Å². The highest BCUT2D eigenvalue weighted by atomic mass is 32.2. The van der Waals surface area contributed by atoms with E-state index in [1.165, 1.54) is 11.8 Å². The van der Waals surface area contributed by atoms with Gasteiger partial charge in [-0.25, -0.2) is 4.98 Å². The average Bonchev–Trinajstić information content (AvgIpc) is 2.73. The fourth-order valence-electron chi connectivity index (χ4n) is 1.33.